The number of hydrogen-bond acceptors (Lipinski definition) is 2. The standard InChI is InChI=1S/C6H7N3.C2H6/c1-5-8-6(3-7)4-9(5)2;1-2/h4H,1-2H3;1-2H3. The summed E-state index contributed by atoms with van der Waals surface area (Å²) in [5, 5.41) is 8.35. The lowest BCUT2D eigenvalue weighted by Crippen LogP contribution is -1.86. The van der Waals surface area contributed by atoms with Crippen LogP contribution in [0.25, 0.3) is 0 Å². The molecule has 0 radical (unpaired) electrons. The van der Waals surface area contributed by atoms with Crippen LogP contribution in [-0.4, -0.2) is 9.55 Å². The molecule has 11 heavy (non-hydrogen) atoms. The molecule has 1 aromatic rings. The number of imidazole rings is 1. The van der Waals surface area contributed by atoms with E-state index in [1.165, 1.54) is 0 Å². The van der Waals surface area contributed by atoms with Gasteiger partial charge in [0.15, 0.2) is 5.69 Å². The monoisotopic (exact) mass is 151 g/mol. The maximum atomic E-state index is 8.35. The highest BCUT2D eigenvalue weighted by atomic mass is 15.0. The molecular formula is C8H13N3. The van der Waals surface area contributed by atoms with E-state index in [0.717, 1.165) is 5.82 Å². The van der Waals surface area contributed by atoms with Crippen molar-refractivity contribution in [2.24, 2.45) is 7.05 Å². The fourth-order valence-electron chi connectivity index (χ4n) is 0.613. The molecular weight excluding hydrogens is 138 g/mol. The van der Waals surface area contributed by atoms with Crippen molar-refractivity contribution in [2.45, 2.75) is 20.8 Å². The number of nitriles is 1. The summed E-state index contributed by atoms with van der Waals surface area (Å²) in [6, 6.07) is 1.96. The molecule has 0 N–H and O–H groups in total. The molecule has 0 aromatic carbocycles. The molecule has 1 aromatic heterocycles. The Kier molecular flexibility index (Phi) is 3.97. The smallest absolute Gasteiger partial charge is 0.158 e. The Morgan fingerprint density at radius 3 is 2.27 bits per heavy atom. The van der Waals surface area contributed by atoms with Crippen LogP contribution >= 0.6 is 0 Å². The van der Waals surface area contributed by atoms with Gasteiger partial charge in [0.25, 0.3) is 0 Å². The molecule has 0 saturated heterocycles. The lowest BCUT2D eigenvalue weighted by atomic mass is 10.5. The number of nitrogens with zero attached hydrogens (tertiary/aromatic N) is 3. The summed E-state index contributed by atoms with van der Waals surface area (Å²) in [6.45, 7) is 5.86. The van der Waals surface area contributed by atoms with Crippen molar-refractivity contribution >= 4 is 0 Å². The first-order chi connectivity index (χ1) is 5.24. The van der Waals surface area contributed by atoms with Gasteiger partial charge in [0.05, 0.1) is 0 Å². The van der Waals surface area contributed by atoms with Gasteiger partial charge < -0.3 is 4.57 Å². The minimum Gasteiger partial charge on any atom is -0.337 e. The second kappa shape index (κ2) is 4.51. The maximum Gasteiger partial charge on any atom is 0.158 e. The van der Waals surface area contributed by atoms with Crippen molar-refractivity contribution in [1.29, 1.82) is 5.26 Å². The van der Waals surface area contributed by atoms with E-state index in [2.05, 4.69) is 4.98 Å². The van der Waals surface area contributed by atoms with E-state index in [1.807, 2.05) is 38.5 Å². The van der Waals surface area contributed by atoms with Crippen molar-refractivity contribution in [1.82, 2.24) is 9.55 Å². The van der Waals surface area contributed by atoms with Gasteiger partial charge in [-0.1, -0.05) is 13.8 Å². The fourth-order valence-corrected chi connectivity index (χ4v) is 0.613. The van der Waals surface area contributed by atoms with Crippen LogP contribution < -0.4 is 0 Å². The first-order valence-electron chi connectivity index (χ1n) is 3.64. The van der Waals surface area contributed by atoms with Crippen LogP contribution in [0.1, 0.15) is 25.4 Å². The van der Waals surface area contributed by atoms with E-state index in [9.17, 15) is 0 Å². The number of rotatable bonds is 0. The predicted molar refractivity (Wildman–Crippen MR) is 44.0 cm³/mol. The van der Waals surface area contributed by atoms with Crippen LogP contribution in [0.15, 0.2) is 6.20 Å². The minimum absolute atomic E-state index is 0.481. The summed E-state index contributed by atoms with van der Waals surface area (Å²) in [5.41, 5.74) is 0.481. The lowest BCUT2D eigenvalue weighted by molar-refractivity contribution is 0.858. The van der Waals surface area contributed by atoms with Crippen LogP contribution in [0.4, 0.5) is 0 Å². The summed E-state index contributed by atoms with van der Waals surface area (Å²) in [4.78, 5) is 3.93. The SMILES string of the molecule is CC.Cc1nc(C#N)cn1C. The molecule has 3 nitrogen and oxygen atoms in total. The molecule has 0 aliphatic rings. The van der Waals surface area contributed by atoms with E-state index in [1.54, 1.807) is 6.20 Å². The van der Waals surface area contributed by atoms with Crippen LogP contribution in [0, 0.1) is 18.3 Å². The Balaban J connectivity index is 0.000000461. The van der Waals surface area contributed by atoms with E-state index >= 15 is 0 Å². The highest BCUT2D eigenvalue weighted by molar-refractivity contribution is 5.17. The molecule has 3 heteroatoms. The molecule has 0 aliphatic carbocycles. The molecule has 1 heterocycles. The van der Waals surface area contributed by atoms with Gasteiger partial charge in [0.1, 0.15) is 11.9 Å². The normalized spacial score (nSPS) is 7.91. The maximum absolute atomic E-state index is 8.35. The van der Waals surface area contributed by atoms with Gasteiger partial charge in [0.2, 0.25) is 0 Å². The van der Waals surface area contributed by atoms with Gasteiger partial charge in [-0.3, -0.25) is 0 Å². The molecule has 0 amide bonds. The summed E-state index contributed by atoms with van der Waals surface area (Å²) in [5.74, 6) is 0.867. The molecule has 0 fully saturated rings. The van der Waals surface area contributed by atoms with Crippen LogP contribution in [-0.2, 0) is 7.05 Å². The van der Waals surface area contributed by atoms with E-state index in [0.29, 0.717) is 5.69 Å². The number of aromatic nitrogens is 2. The summed E-state index contributed by atoms with van der Waals surface area (Å²) in [7, 11) is 1.86. The number of hydrogen-bond donors (Lipinski definition) is 0. The molecule has 0 atom stereocenters. The van der Waals surface area contributed by atoms with Crippen LogP contribution in [0.3, 0.4) is 0 Å². The Labute approximate surface area is 67.3 Å². The quantitative estimate of drug-likeness (QED) is 0.565. The van der Waals surface area contributed by atoms with Gasteiger partial charge in [-0.05, 0) is 6.92 Å². The minimum atomic E-state index is 0.481. The summed E-state index contributed by atoms with van der Waals surface area (Å²) >= 11 is 0. The zero-order chi connectivity index (χ0) is 8.85. The Hall–Kier alpha value is -1.30. The van der Waals surface area contributed by atoms with E-state index in [4.69, 9.17) is 5.26 Å². The first kappa shape index (κ1) is 9.70. The zero-order valence-electron chi connectivity index (χ0n) is 7.42. The third kappa shape index (κ3) is 2.42. The second-order valence-corrected chi connectivity index (χ2v) is 1.90. The Bertz CT molecular complexity index is 235. The van der Waals surface area contributed by atoms with Crippen LogP contribution in [0.5, 0.6) is 0 Å². The topological polar surface area (TPSA) is 41.6 Å². The average molecular weight is 151 g/mol. The van der Waals surface area contributed by atoms with Crippen molar-refractivity contribution in [2.75, 3.05) is 0 Å². The van der Waals surface area contributed by atoms with Crippen LogP contribution in [0.2, 0.25) is 0 Å². The Morgan fingerprint density at radius 2 is 2.09 bits per heavy atom. The van der Waals surface area contributed by atoms with Crippen molar-refractivity contribution in [3.8, 4) is 6.07 Å². The van der Waals surface area contributed by atoms with Crippen molar-refractivity contribution in [3.05, 3.63) is 17.7 Å². The molecule has 0 bridgehead atoms. The molecule has 0 unspecified atom stereocenters. The average Bonchev–Trinajstić information content (AvgIpc) is 2.36. The van der Waals surface area contributed by atoms with Gasteiger partial charge >= 0.3 is 0 Å². The summed E-state index contributed by atoms with van der Waals surface area (Å²) in [6.07, 6.45) is 1.70. The molecule has 60 valence electrons. The largest absolute Gasteiger partial charge is 0.337 e. The predicted octanol–water partition coefficient (Wildman–Crippen LogP) is 1.63. The van der Waals surface area contributed by atoms with Gasteiger partial charge in [-0.25, -0.2) is 4.98 Å². The van der Waals surface area contributed by atoms with E-state index in [-0.39, 0.29) is 0 Å². The van der Waals surface area contributed by atoms with Gasteiger partial charge in [0, 0.05) is 13.2 Å². The van der Waals surface area contributed by atoms with Crippen molar-refractivity contribution in [3.63, 3.8) is 0 Å². The van der Waals surface area contributed by atoms with Crippen molar-refractivity contribution < 1.29 is 0 Å². The second-order valence-electron chi connectivity index (χ2n) is 1.90. The molecule has 0 saturated carbocycles. The zero-order valence-corrected chi connectivity index (χ0v) is 7.42. The molecule has 0 aliphatic heterocycles. The summed E-state index contributed by atoms with van der Waals surface area (Å²) < 4.78 is 1.82. The Morgan fingerprint density at radius 1 is 1.55 bits per heavy atom. The third-order valence-corrected chi connectivity index (χ3v) is 1.22. The first-order valence-corrected chi connectivity index (χ1v) is 3.64. The highest BCUT2D eigenvalue weighted by Gasteiger charge is 1.96. The highest BCUT2D eigenvalue weighted by Crippen LogP contribution is 1.96. The third-order valence-electron chi connectivity index (χ3n) is 1.22. The fraction of sp³-hybridized carbons (Fsp3) is 0.500. The molecule has 1 rings (SSSR count). The lowest BCUT2D eigenvalue weighted by Gasteiger charge is -1.87. The van der Waals surface area contributed by atoms with Gasteiger partial charge in [-0.15, -0.1) is 0 Å². The number of aryl methyl sites for hydroxylation is 2. The van der Waals surface area contributed by atoms with E-state index < -0.39 is 0 Å². The molecule has 0 spiro atoms. The van der Waals surface area contributed by atoms with Gasteiger partial charge in [-0.2, -0.15) is 5.26 Å².